The van der Waals surface area contributed by atoms with Crippen molar-refractivity contribution in [1.29, 1.82) is 0 Å². The minimum absolute atomic E-state index is 0.0477. The van der Waals surface area contributed by atoms with Crippen molar-refractivity contribution in [2.45, 2.75) is 25.8 Å². The maximum Gasteiger partial charge on any atom is 0.317 e. The Labute approximate surface area is 123 Å². The molecular formula is C15H21FN2OS. The van der Waals surface area contributed by atoms with E-state index in [0.29, 0.717) is 13.1 Å². The summed E-state index contributed by atoms with van der Waals surface area (Å²) in [6.07, 6.45) is 3.82. The van der Waals surface area contributed by atoms with Gasteiger partial charge in [-0.05, 0) is 55.0 Å². The standard InChI is InChI=1S/C15H21FN2OS/c1-11-14-10-13(16)5-4-12(14)6-8-18(11)15(19)17-7-3-9-20-2/h4-5,10-11H,3,6-9H2,1-2H3,(H,17,19)/t11-/m1/s1. The number of nitrogens with zero attached hydrogens (tertiary/aromatic N) is 1. The molecule has 1 aromatic rings. The van der Waals surface area contributed by atoms with E-state index in [-0.39, 0.29) is 17.9 Å². The summed E-state index contributed by atoms with van der Waals surface area (Å²) in [6.45, 7) is 3.34. The van der Waals surface area contributed by atoms with Crippen molar-refractivity contribution in [3.8, 4) is 0 Å². The number of carbonyl (C=O) groups excluding carboxylic acids is 1. The van der Waals surface area contributed by atoms with Crippen molar-refractivity contribution in [2.75, 3.05) is 25.1 Å². The lowest BCUT2D eigenvalue weighted by Gasteiger charge is -2.35. The molecule has 2 rings (SSSR count). The van der Waals surface area contributed by atoms with Crippen LogP contribution >= 0.6 is 11.8 Å². The molecule has 0 radical (unpaired) electrons. The van der Waals surface area contributed by atoms with Crippen LogP contribution in [0.2, 0.25) is 0 Å². The molecule has 5 heteroatoms. The monoisotopic (exact) mass is 296 g/mol. The molecule has 20 heavy (non-hydrogen) atoms. The molecule has 110 valence electrons. The van der Waals surface area contributed by atoms with Crippen LogP contribution < -0.4 is 5.32 Å². The Morgan fingerprint density at radius 3 is 3.10 bits per heavy atom. The first-order valence-corrected chi connectivity index (χ1v) is 8.34. The first-order valence-electron chi connectivity index (χ1n) is 6.95. The highest BCUT2D eigenvalue weighted by atomic mass is 32.2. The second-order valence-electron chi connectivity index (χ2n) is 5.04. The Kier molecular flexibility index (Phi) is 5.29. The average Bonchev–Trinajstić information content (AvgIpc) is 2.44. The van der Waals surface area contributed by atoms with Crippen LogP contribution in [0.25, 0.3) is 0 Å². The third kappa shape index (κ3) is 3.45. The summed E-state index contributed by atoms with van der Waals surface area (Å²) in [5, 5.41) is 2.94. The van der Waals surface area contributed by atoms with Gasteiger partial charge in [0, 0.05) is 13.1 Å². The first kappa shape index (κ1) is 15.2. The normalized spacial score (nSPS) is 17.8. The molecule has 0 fully saturated rings. The Bertz CT molecular complexity index is 481. The molecule has 1 aromatic carbocycles. The van der Waals surface area contributed by atoms with Crippen LogP contribution in [0, 0.1) is 5.82 Å². The number of halogens is 1. The fraction of sp³-hybridized carbons (Fsp3) is 0.533. The third-order valence-corrected chi connectivity index (χ3v) is 4.41. The van der Waals surface area contributed by atoms with Crippen LogP contribution in [0.4, 0.5) is 9.18 Å². The van der Waals surface area contributed by atoms with E-state index in [2.05, 4.69) is 11.6 Å². The number of hydrogen-bond donors (Lipinski definition) is 1. The highest BCUT2D eigenvalue weighted by Gasteiger charge is 2.27. The molecule has 0 aromatic heterocycles. The summed E-state index contributed by atoms with van der Waals surface area (Å²) in [7, 11) is 0. The Hall–Kier alpha value is -1.23. The fourth-order valence-electron chi connectivity index (χ4n) is 2.58. The zero-order valence-electron chi connectivity index (χ0n) is 12.0. The molecular weight excluding hydrogens is 275 g/mol. The van der Waals surface area contributed by atoms with Gasteiger partial charge in [0.25, 0.3) is 0 Å². The highest BCUT2D eigenvalue weighted by Crippen LogP contribution is 2.29. The van der Waals surface area contributed by atoms with Crippen LogP contribution in [0.3, 0.4) is 0 Å². The van der Waals surface area contributed by atoms with Crippen molar-refractivity contribution in [2.24, 2.45) is 0 Å². The van der Waals surface area contributed by atoms with Crippen LogP contribution in [0.1, 0.15) is 30.5 Å². The van der Waals surface area contributed by atoms with Crippen LogP contribution in [0.15, 0.2) is 18.2 Å². The quantitative estimate of drug-likeness (QED) is 0.865. The number of thioether (sulfide) groups is 1. The zero-order valence-corrected chi connectivity index (χ0v) is 12.8. The SMILES string of the molecule is CSCCCNC(=O)N1CCc2ccc(F)cc2[C@H]1C. The van der Waals surface area contributed by atoms with E-state index in [1.54, 1.807) is 22.7 Å². The zero-order chi connectivity index (χ0) is 14.5. The molecule has 1 aliphatic heterocycles. The molecule has 0 saturated heterocycles. The first-order chi connectivity index (χ1) is 9.63. The Morgan fingerprint density at radius 1 is 1.55 bits per heavy atom. The number of urea groups is 1. The molecule has 1 N–H and O–H groups in total. The van der Waals surface area contributed by atoms with Gasteiger partial charge in [-0.1, -0.05) is 6.07 Å². The van der Waals surface area contributed by atoms with E-state index < -0.39 is 0 Å². The number of carbonyl (C=O) groups is 1. The largest absolute Gasteiger partial charge is 0.338 e. The third-order valence-electron chi connectivity index (χ3n) is 3.71. The Balaban J connectivity index is 1.99. The van der Waals surface area contributed by atoms with Crippen LogP contribution in [-0.4, -0.2) is 36.0 Å². The predicted octanol–water partition coefficient (Wildman–Crippen LogP) is 3.21. The van der Waals surface area contributed by atoms with Crippen molar-refractivity contribution >= 4 is 17.8 Å². The van der Waals surface area contributed by atoms with Gasteiger partial charge in [-0.3, -0.25) is 0 Å². The Morgan fingerprint density at radius 2 is 2.35 bits per heavy atom. The minimum Gasteiger partial charge on any atom is -0.338 e. The second-order valence-corrected chi connectivity index (χ2v) is 6.03. The molecule has 0 unspecified atom stereocenters. The van der Waals surface area contributed by atoms with Gasteiger partial charge < -0.3 is 10.2 Å². The van der Waals surface area contributed by atoms with E-state index in [1.807, 2.05) is 13.0 Å². The van der Waals surface area contributed by atoms with Crippen molar-refractivity contribution < 1.29 is 9.18 Å². The van der Waals surface area contributed by atoms with E-state index in [4.69, 9.17) is 0 Å². The van der Waals surface area contributed by atoms with Crippen molar-refractivity contribution in [1.82, 2.24) is 10.2 Å². The van der Waals surface area contributed by atoms with E-state index in [9.17, 15) is 9.18 Å². The van der Waals surface area contributed by atoms with Crippen molar-refractivity contribution in [3.05, 3.63) is 35.1 Å². The molecule has 0 saturated carbocycles. The van der Waals surface area contributed by atoms with Gasteiger partial charge in [-0.25, -0.2) is 9.18 Å². The van der Waals surface area contributed by atoms with Gasteiger partial charge in [0.2, 0.25) is 0 Å². The lowest BCUT2D eigenvalue weighted by molar-refractivity contribution is 0.174. The maximum atomic E-state index is 13.4. The lowest BCUT2D eigenvalue weighted by atomic mass is 9.94. The van der Waals surface area contributed by atoms with E-state index in [0.717, 1.165) is 29.7 Å². The summed E-state index contributed by atoms with van der Waals surface area (Å²) in [4.78, 5) is 14.0. The molecule has 2 amide bonds. The molecule has 0 aliphatic carbocycles. The number of amides is 2. The van der Waals surface area contributed by atoms with Crippen LogP contribution in [-0.2, 0) is 6.42 Å². The number of nitrogens with one attached hydrogen (secondary N) is 1. The summed E-state index contributed by atoms with van der Waals surface area (Å²) in [5.74, 6) is 0.807. The predicted molar refractivity (Wildman–Crippen MR) is 81.6 cm³/mol. The smallest absolute Gasteiger partial charge is 0.317 e. The molecule has 1 aliphatic rings. The minimum atomic E-state index is -0.238. The molecule has 0 spiro atoms. The molecule has 3 nitrogen and oxygen atoms in total. The van der Waals surface area contributed by atoms with Crippen LogP contribution in [0.5, 0.6) is 0 Å². The number of fused-ring (bicyclic) bond motifs is 1. The summed E-state index contributed by atoms with van der Waals surface area (Å²) in [5.41, 5.74) is 2.07. The highest BCUT2D eigenvalue weighted by molar-refractivity contribution is 7.98. The van der Waals surface area contributed by atoms with Gasteiger partial charge in [0.1, 0.15) is 5.82 Å². The summed E-state index contributed by atoms with van der Waals surface area (Å²) < 4.78 is 13.4. The van der Waals surface area contributed by atoms with Gasteiger partial charge in [-0.2, -0.15) is 11.8 Å². The lowest BCUT2D eigenvalue weighted by Crippen LogP contribution is -2.45. The molecule has 1 atom stereocenters. The van der Waals surface area contributed by atoms with Gasteiger partial charge >= 0.3 is 6.03 Å². The van der Waals surface area contributed by atoms with Crippen molar-refractivity contribution in [3.63, 3.8) is 0 Å². The van der Waals surface area contributed by atoms with E-state index >= 15 is 0 Å². The van der Waals surface area contributed by atoms with E-state index in [1.165, 1.54) is 6.07 Å². The summed E-state index contributed by atoms with van der Waals surface area (Å²) in [6, 6.07) is 4.75. The fourth-order valence-corrected chi connectivity index (χ4v) is 3.01. The average molecular weight is 296 g/mol. The van der Waals surface area contributed by atoms with Gasteiger partial charge in [0.05, 0.1) is 6.04 Å². The number of rotatable bonds is 4. The molecule has 0 bridgehead atoms. The number of benzene rings is 1. The maximum absolute atomic E-state index is 13.4. The number of hydrogen-bond acceptors (Lipinski definition) is 2. The topological polar surface area (TPSA) is 32.3 Å². The van der Waals surface area contributed by atoms with Gasteiger partial charge in [-0.15, -0.1) is 0 Å². The molecule has 1 heterocycles. The second kappa shape index (κ2) is 6.97. The summed E-state index contributed by atoms with van der Waals surface area (Å²) >= 11 is 1.78. The van der Waals surface area contributed by atoms with Gasteiger partial charge in [0.15, 0.2) is 0 Å².